The Hall–Kier alpha value is -3.49. The summed E-state index contributed by atoms with van der Waals surface area (Å²) in [5.74, 6) is 0.710. The minimum absolute atomic E-state index is 0.00626. The first-order valence-electron chi connectivity index (χ1n) is 8.31. The Morgan fingerprint density at radius 3 is 2.62 bits per heavy atom. The quantitative estimate of drug-likeness (QED) is 0.256. The van der Waals surface area contributed by atoms with E-state index in [1.807, 2.05) is 36.4 Å². The van der Waals surface area contributed by atoms with Crippen LogP contribution in [-0.4, -0.2) is 15.9 Å². The number of nitrogens with zero attached hydrogens (tertiary/aromatic N) is 1. The summed E-state index contributed by atoms with van der Waals surface area (Å²) in [7, 11) is 0. The first-order chi connectivity index (χ1) is 13.9. The Morgan fingerprint density at radius 2 is 1.90 bits per heavy atom. The van der Waals surface area contributed by atoms with Gasteiger partial charge in [-0.1, -0.05) is 41.9 Å². The van der Waals surface area contributed by atoms with E-state index in [0.717, 1.165) is 5.56 Å². The van der Waals surface area contributed by atoms with E-state index in [9.17, 15) is 14.9 Å². The molecule has 2 aromatic carbocycles. The largest absolute Gasteiger partial charge is 0.457 e. The lowest BCUT2D eigenvalue weighted by Gasteiger charge is -2.08. The van der Waals surface area contributed by atoms with E-state index in [1.165, 1.54) is 30.4 Å². The minimum Gasteiger partial charge on any atom is -0.457 e. The molecule has 0 aliphatic rings. The molecular formula is C20H14ClN3O4S. The molecule has 1 heterocycles. The molecule has 0 saturated heterocycles. The normalized spacial score (nSPS) is 10.7. The summed E-state index contributed by atoms with van der Waals surface area (Å²) in [4.78, 5) is 22.3. The fraction of sp³-hybridized carbons (Fsp3) is 0. The molecule has 0 fully saturated rings. The summed E-state index contributed by atoms with van der Waals surface area (Å²) in [6, 6.07) is 17.2. The number of amides is 1. The SMILES string of the molecule is O=C(/C=C/c1ccc(-c2ccccc2)o1)NC(=S)Nc1ccc(Cl)c([N+](=O)[O-])c1. The van der Waals surface area contributed by atoms with Crippen molar-refractivity contribution in [3.63, 3.8) is 0 Å². The van der Waals surface area contributed by atoms with Crippen molar-refractivity contribution in [1.82, 2.24) is 5.32 Å². The maximum Gasteiger partial charge on any atom is 0.289 e. The standard InChI is InChI=1S/C20H14ClN3O4S/c21-16-9-6-14(12-17(16)24(26)27)22-20(29)23-19(25)11-8-15-7-10-18(28-15)13-4-2-1-3-5-13/h1-12H,(H2,22,23,25,29)/b11-8+. The lowest BCUT2D eigenvalue weighted by atomic mass is 10.2. The zero-order chi connectivity index (χ0) is 20.8. The van der Waals surface area contributed by atoms with Crippen LogP contribution in [0.5, 0.6) is 0 Å². The van der Waals surface area contributed by atoms with Gasteiger partial charge >= 0.3 is 0 Å². The van der Waals surface area contributed by atoms with E-state index in [1.54, 1.807) is 6.07 Å². The molecule has 1 aromatic heterocycles. The number of thiocarbonyl (C=S) groups is 1. The number of halogens is 1. The van der Waals surface area contributed by atoms with Crippen LogP contribution in [-0.2, 0) is 4.79 Å². The molecule has 9 heteroatoms. The monoisotopic (exact) mass is 427 g/mol. The van der Waals surface area contributed by atoms with Gasteiger partial charge in [-0.3, -0.25) is 20.2 Å². The van der Waals surface area contributed by atoms with E-state index in [0.29, 0.717) is 17.2 Å². The third-order valence-electron chi connectivity index (χ3n) is 3.72. The highest BCUT2D eigenvalue weighted by molar-refractivity contribution is 7.80. The molecule has 3 rings (SSSR count). The van der Waals surface area contributed by atoms with Crippen LogP contribution in [0, 0.1) is 10.1 Å². The molecule has 3 aromatic rings. The predicted octanol–water partition coefficient (Wildman–Crippen LogP) is 5.03. The molecule has 1 amide bonds. The second-order valence-electron chi connectivity index (χ2n) is 5.77. The highest BCUT2D eigenvalue weighted by atomic mass is 35.5. The molecule has 0 atom stereocenters. The number of nitrogens with one attached hydrogen (secondary N) is 2. The number of nitro groups is 1. The first-order valence-corrected chi connectivity index (χ1v) is 9.10. The highest BCUT2D eigenvalue weighted by Gasteiger charge is 2.13. The molecule has 29 heavy (non-hydrogen) atoms. The van der Waals surface area contributed by atoms with E-state index in [2.05, 4.69) is 10.6 Å². The molecular weight excluding hydrogens is 414 g/mol. The molecule has 7 nitrogen and oxygen atoms in total. The number of carbonyl (C=O) groups excluding carboxylic acids is 1. The van der Waals surface area contributed by atoms with E-state index in [-0.39, 0.29) is 15.8 Å². The Bertz CT molecular complexity index is 1100. The molecule has 0 saturated carbocycles. The Balaban J connectivity index is 1.58. The van der Waals surface area contributed by atoms with E-state index < -0.39 is 10.8 Å². The first kappa shape index (κ1) is 20.2. The lowest BCUT2D eigenvalue weighted by molar-refractivity contribution is -0.384. The number of nitro benzene ring substituents is 1. The zero-order valence-corrected chi connectivity index (χ0v) is 16.4. The van der Waals surface area contributed by atoms with Crippen molar-refractivity contribution in [2.75, 3.05) is 5.32 Å². The number of furan rings is 1. The van der Waals surface area contributed by atoms with Crippen molar-refractivity contribution in [2.45, 2.75) is 0 Å². The summed E-state index contributed by atoms with van der Waals surface area (Å²) < 4.78 is 5.68. The molecule has 0 radical (unpaired) electrons. The minimum atomic E-state index is -0.606. The van der Waals surface area contributed by atoms with Gasteiger partial charge in [0.1, 0.15) is 16.5 Å². The van der Waals surface area contributed by atoms with Gasteiger partial charge in [0.05, 0.1) is 4.92 Å². The summed E-state index contributed by atoms with van der Waals surface area (Å²) in [6.07, 6.45) is 2.78. The Labute approximate surface area is 176 Å². The Kier molecular flexibility index (Phi) is 6.38. The van der Waals surface area contributed by atoms with Crippen LogP contribution >= 0.6 is 23.8 Å². The van der Waals surface area contributed by atoms with Crippen LogP contribution in [0.25, 0.3) is 17.4 Å². The van der Waals surface area contributed by atoms with Gasteiger partial charge in [0.25, 0.3) is 5.69 Å². The number of hydrogen-bond donors (Lipinski definition) is 2. The third-order valence-corrected chi connectivity index (χ3v) is 4.25. The molecule has 0 unspecified atom stereocenters. The highest BCUT2D eigenvalue weighted by Crippen LogP contribution is 2.27. The van der Waals surface area contributed by atoms with Gasteiger partial charge in [0.15, 0.2) is 5.11 Å². The average molecular weight is 428 g/mol. The van der Waals surface area contributed by atoms with Gasteiger partial charge in [-0.05, 0) is 42.6 Å². The van der Waals surface area contributed by atoms with Crippen molar-refractivity contribution in [2.24, 2.45) is 0 Å². The fourth-order valence-corrected chi connectivity index (χ4v) is 2.81. The number of benzene rings is 2. The van der Waals surface area contributed by atoms with Gasteiger partial charge in [0.2, 0.25) is 5.91 Å². The second kappa shape index (κ2) is 9.13. The second-order valence-corrected chi connectivity index (χ2v) is 6.58. The van der Waals surface area contributed by atoms with Crippen molar-refractivity contribution >= 4 is 52.3 Å². The molecule has 146 valence electrons. The summed E-state index contributed by atoms with van der Waals surface area (Å²) in [5.41, 5.74) is 0.991. The number of rotatable bonds is 5. The van der Waals surface area contributed by atoms with Crippen LogP contribution in [0.1, 0.15) is 5.76 Å². The van der Waals surface area contributed by atoms with Gasteiger partial charge in [0, 0.05) is 23.4 Å². The smallest absolute Gasteiger partial charge is 0.289 e. The maximum absolute atomic E-state index is 12.0. The number of anilines is 1. The Morgan fingerprint density at radius 1 is 1.14 bits per heavy atom. The van der Waals surface area contributed by atoms with Gasteiger partial charge in [-0.15, -0.1) is 0 Å². The van der Waals surface area contributed by atoms with Crippen molar-refractivity contribution in [3.05, 3.63) is 87.6 Å². The van der Waals surface area contributed by atoms with Crippen LogP contribution in [0.4, 0.5) is 11.4 Å². The lowest BCUT2D eigenvalue weighted by Crippen LogP contribution is -2.32. The fourth-order valence-electron chi connectivity index (χ4n) is 2.40. The predicted molar refractivity (Wildman–Crippen MR) is 116 cm³/mol. The van der Waals surface area contributed by atoms with Crippen LogP contribution in [0.2, 0.25) is 5.02 Å². The molecule has 0 aliphatic heterocycles. The van der Waals surface area contributed by atoms with Crippen molar-refractivity contribution in [3.8, 4) is 11.3 Å². The van der Waals surface area contributed by atoms with Crippen molar-refractivity contribution in [1.29, 1.82) is 0 Å². The number of carbonyl (C=O) groups is 1. The van der Waals surface area contributed by atoms with Gasteiger partial charge in [-0.2, -0.15) is 0 Å². The van der Waals surface area contributed by atoms with Crippen LogP contribution < -0.4 is 10.6 Å². The van der Waals surface area contributed by atoms with Crippen LogP contribution in [0.3, 0.4) is 0 Å². The summed E-state index contributed by atoms with van der Waals surface area (Å²) in [6.45, 7) is 0. The molecule has 2 N–H and O–H groups in total. The average Bonchev–Trinajstić information content (AvgIpc) is 3.17. The van der Waals surface area contributed by atoms with E-state index >= 15 is 0 Å². The summed E-state index contributed by atoms with van der Waals surface area (Å²) >= 11 is 10.8. The third kappa shape index (κ3) is 5.50. The van der Waals surface area contributed by atoms with Gasteiger partial charge in [-0.25, -0.2) is 0 Å². The maximum atomic E-state index is 12.0. The van der Waals surface area contributed by atoms with Gasteiger partial charge < -0.3 is 9.73 Å². The topological polar surface area (TPSA) is 97.4 Å². The zero-order valence-electron chi connectivity index (χ0n) is 14.8. The molecule has 0 aliphatic carbocycles. The number of hydrogen-bond acceptors (Lipinski definition) is 5. The van der Waals surface area contributed by atoms with Crippen LogP contribution in [0.15, 0.2) is 71.2 Å². The van der Waals surface area contributed by atoms with E-state index in [4.69, 9.17) is 28.2 Å². The summed E-state index contributed by atoms with van der Waals surface area (Å²) in [5, 5.41) is 16.1. The molecule has 0 spiro atoms. The van der Waals surface area contributed by atoms with Crippen molar-refractivity contribution < 1.29 is 14.1 Å². The molecule has 0 bridgehead atoms.